The number of benzene rings is 1. The minimum absolute atomic E-state index is 0.154. The van der Waals surface area contributed by atoms with Crippen LogP contribution < -0.4 is 10.6 Å². The Kier molecular flexibility index (Phi) is 6.19. The molecular formula is C19H28N4O2S. The van der Waals surface area contributed by atoms with Crippen molar-refractivity contribution in [2.24, 2.45) is 10.9 Å². The fourth-order valence-corrected chi connectivity index (χ4v) is 5.22. The van der Waals surface area contributed by atoms with E-state index in [1.54, 1.807) is 0 Å². The fraction of sp³-hybridized carbons (Fsp3) is 0.526. The van der Waals surface area contributed by atoms with Crippen LogP contribution in [0.2, 0.25) is 0 Å². The van der Waals surface area contributed by atoms with Crippen molar-refractivity contribution in [2.45, 2.75) is 26.3 Å². The Hall–Kier alpha value is -2.02. The number of nitrogens with one attached hydrogen (secondary N) is 2. The standard InChI is InChI=1S/C19H28N4O2S/c1-2-20-19(22-14-16-9-13-26(24,25)15-16)21-10-5-11-23-12-8-17-6-3-4-7-18(17)23/h3-4,6-8,12,16H,2,5,9-11,13-15H2,1H3,(H2,20,21,22). The molecule has 1 atom stereocenters. The van der Waals surface area contributed by atoms with Crippen LogP contribution in [0.3, 0.4) is 0 Å². The van der Waals surface area contributed by atoms with Gasteiger partial charge in [-0.05, 0) is 43.2 Å². The summed E-state index contributed by atoms with van der Waals surface area (Å²) in [4.78, 5) is 4.57. The lowest BCUT2D eigenvalue weighted by Gasteiger charge is -2.13. The van der Waals surface area contributed by atoms with Gasteiger partial charge in [0.05, 0.1) is 11.5 Å². The van der Waals surface area contributed by atoms with Crippen LogP contribution in [0.25, 0.3) is 10.9 Å². The van der Waals surface area contributed by atoms with Crippen LogP contribution in [-0.2, 0) is 16.4 Å². The summed E-state index contributed by atoms with van der Waals surface area (Å²) in [5.41, 5.74) is 1.26. The molecule has 26 heavy (non-hydrogen) atoms. The van der Waals surface area contributed by atoms with Crippen molar-refractivity contribution in [3.8, 4) is 0 Å². The van der Waals surface area contributed by atoms with E-state index in [2.05, 4.69) is 56.7 Å². The van der Waals surface area contributed by atoms with Crippen LogP contribution in [-0.4, -0.2) is 50.1 Å². The van der Waals surface area contributed by atoms with Gasteiger partial charge in [0.1, 0.15) is 0 Å². The minimum atomic E-state index is -2.83. The van der Waals surface area contributed by atoms with E-state index >= 15 is 0 Å². The maximum Gasteiger partial charge on any atom is 0.191 e. The zero-order valence-electron chi connectivity index (χ0n) is 15.3. The number of aliphatic imine (C=N–C) groups is 1. The maximum atomic E-state index is 11.5. The molecule has 1 aliphatic rings. The van der Waals surface area contributed by atoms with E-state index in [0.717, 1.165) is 38.4 Å². The SMILES string of the molecule is CCNC(=NCC1CCS(=O)(=O)C1)NCCCn1ccc2ccccc21. The number of sulfone groups is 1. The summed E-state index contributed by atoms with van der Waals surface area (Å²) < 4.78 is 25.4. The lowest BCUT2D eigenvalue weighted by atomic mass is 10.1. The predicted octanol–water partition coefficient (Wildman–Crippen LogP) is 2.02. The summed E-state index contributed by atoms with van der Waals surface area (Å²) in [6.07, 6.45) is 3.84. The second-order valence-corrected chi connectivity index (χ2v) is 9.07. The molecule has 0 radical (unpaired) electrons. The van der Waals surface area contributed by atoms with Gasteiger partial charge in [0.2, 0.25) is 0 Å². The zero-order chi connectivity index (χ0) is 18.4. The molecule has 1 aromatic carbocycles. The van der Waals surface area contributed by atoms with Crippen molar-refractivity contribution < 1.29 is 8.42 Å². The first kappa shape index (κ1) is 18.8. The Morgan fingerprint density at radius 2 is 2.12 bits per heavy atom. The molecule has 0 saturated carbocycles. The van der Waals surface area contributed by atoms with E-state index in [0.29, 0.717) is 12.3 Å². The average molecular weight is 377 g/mol. The second-order valence-electron chi connectivity index (χ2n) is 6.84. The number of rotatable bonds is 7. The van der Waals surface area contributed by atoms with Crippen molar-refractivity contribution in [3.05, 3.63) is 36.5 Å². The van der Waals surface area contributed by atoms with Gasteiger partial charge in [-0.2, -0.15) is 0 Å². The summed E-state index contributed by atoms with van der Waals surface area (Å²) in [6.45, 7) is 5.15. The normalized spacial score (nSPS) is 19.7. The third kappa shape index (κ3) is 5.00. The van der Waals surface area contributed by atoms with Crippen LogP contribution in [0, 0.1) is 5.92 Å². The van der Waals surface area contributed by atoms with Crippen LogP contribution in [0.4, 0.5) is 0 Å². The number of hydrogen-bond donors (Lipinski definition) is 2. The molecule has 0 spiro atoms. The highest BCUT2D eigenvalue weighted by molar-refractivity contribution is 7.91. The minimum Gasteiger partial charge on any atom is -0.357 e. The Morgan fingerprint density at radius 1 is 1.27 bits per heavy atom. The van der Waals surface area contributed by atoms with E-state index in [1.165, 1.54) is 10.9 Å². The summed E-state index contributed by atoms with van der Waals surface area (Å²) in [5.74, 6) is 1.51. The predicted molar refractivity (Wildman–Crippen MR) is 107 cm³/mol. The molecule has 1 saturated heterocycles. The van der Waals surface area contributed by atoms with Crippen molar-refractivity contribution in [1.29, 1.82) is 0 Å². The molecule has 6 nitrogen and oxygen atoms in total. The molecule has 2 aromatic rings. The first-order chi connectivity index (χ1) is 12.6. The van der Waals surface area contributed by atoms with Crippen molar-refractivity contribution in [2.75, 3.05) is 31.1 Å². The molecule has 2 N–H and O–H groups in total. The topological polar surface area (TPSA) is 75.5 Å². The highest BCUT2D eigenvalue weighted by Gasteiger charge is 2.27. The van der Waals surface area contributed by atoms with Gasteiger partial charge in [-0.3, -0.25) is 4.99 Å². The van der Waals surface area contributed by atoms with Gasteiger partial charge >= 0.3 is 0 Å². The molecule has 0 amide bonds. The number of hydrogen-bond acceptors (Lipinski definition) is 3. The zero-order valence-corrected chi connectivity index (χ0v) is 16.1. The molecule has 7 heteroatoms. The molecule has 1 aromatic heterocycles. The Morgan fingerprint density at radius 3 is 2.88 bits per heavy atom. The van der Waals surface area contributed by atoms with E-state index in [-0.39, 0.29) is 11.7 Å². The highest BCUT2D eigenvalue weighted by Crippen LogP contribution is 2.18. The largest absolute Gasteiger partial charge is 0.357 e. The first-order valence-electron chi connectivity index (χ1n) is 9.34. The van der Waals surface area contributed by atoms with E-state index in [4.69, 9.17) is 0 Å². The third-order valence-electron chi connectivity index (χ3n) is 4.73. The highest BCUT2D eigenvalue weighted by atomic mass is 32.2. The Bertz CT molecular complexity index is 857. The number of fused-ring (bicyclic) bond motifs is 1. The summed E-state index contributed by atoms with van der Waals surface area (Å²) in [7, 11) is -2.83. The molecule has 1 fully saturated rings. The number of guanidine groups is 1. The lowest BCUT2D eigenvalue weighted by Crippen LogP contribution is -2.38. The quantitative estimate of drug-likeness (QED) is 0.440. The van der Waals surface area contributed by atoms with Gasteiger partial charge in [0.25, 0.3) is 0 Å². The first-order valence-corrected chi connectivity index (χ1v) is 11.2. The molecule has 1 unspecified atom stereocenters. The Labute approximate surface area is 155 Å². The van der Waals surface area contributed by atoms with Crippen LogP contribution in [0.15, 0.2) is 41.5 Å². The second kappa shape index (κ2) is 8.58. The lowest BCUT2D eigenvalue weighted by molar-refractivity contribution is 0.588. The smallest absolute Gasteiger partial charge is 0.191 e. The van der Waals surface area contributed by atoms with E-state index < -0.39 is 9.84 Å². The number of aryl methyl sites for hydroxylation is 1. The molecular weight excluding hydrogens is 348 g/mol. The summed E-state index contributed by atoms with van der Waals surface area (Å²) in [6, 6.07) is 10.5. The van der Waals surface area contributed by atoms with Crippen molar-refractivity contribution >= 4 is 26.7 Å². The monoisotopic (exact) mass is 376 g/mol. The van der Waals surface area contributed by atoms with E-state index in [1.807, 2.05) is 6.92 Å². The van der Waals surface area contributed by atoms with Gasteiger partial charge in [-0.25, -0.2) is 8.42 Å². The molecule has 0 aliphatic carbocycles. The van der Waals surface area contributed by atoms with E-state index in [9.17, 15) is 8.42 Å². The molecule has 3 rings (SSSR count). The number of aromatic nitrogens is 1. The van der Waals surface area contributed by atoms with Gasteiger partial charge in [-0.15, -0.1) is 0 Å². The van der Waals surface area contributed by atoms with Crippen LogP contribution >= 0.6 is 0 Å². The third-order valence-corrected chi connectivity index (χ3v) is 6.56. The van der Waals surface area contributed by atoms with Crippen molar-refractivity contribution in [3.63, 3.8) is 0 Å². The summed E-state index contributed by atoms with van der Waals surface area (Å²) >= 11 is 0. The van der Waals surface area contributed by atoms with Gasteiger partial charge in [-0.1, -0.05) is 18.2 Å². The Balaban J connectivity index is 1.47. The van der Waals surface area contributed by atoms with Crippen LogP contribution in [0.1, 0.15) is 19.8 Å². The van der Waals surface area contributed by atoms with Crippen LogP contribution in [0.5, 0.6) is 0 Å². The fourth-order valence-electron chi connectivity index (χ4n) is 3.37. The molecule has 2 heterocycles. The van der Waals surface area contributed by atoms with Gasteiger partial charge in [0, 0.05) is 37.9 Å². The van der Waals surface area contributed by atoms with Crippen molar-refractivity contribution in [1.82, 2.24) is 15.2 Å². The average Bonchev–Trinajstić information content (AvgIpc) is 3.19. The number of para-hydroxylation sites is 1. The molecule has 142 valence electrons. The summed E-state index contributed by atoms with van der Waals surface area (Å²) in [5, 5.41) is 7.85. The van der Waals surface area contributed by atoms with Gasteiger partial charge < -0.3 is 15.2 Å². The van der Waals surface area contributed by atoms with Gasteiger partial charge in [0.15, 0.2) is 15.8 Å². The maximum absolute atomic E-state index is 11.5. The number of nitrogens with zero attached hydrogens (tertiary/aromatic N) is 2. The molecule has 1 aliphatic heterocycles. The molecule has 0 bridgehead atoms.